The van der Waals surface area contributed by atoms with Gasteiger partial charge >= 0.3 is 0 Å². The number of nitrogens with zero attached hydrogens (tertiary/aromatic N) is 5. The summed E-state index contributed by atoms with van der Waals surface area (Å²) in [4.78, 5) is 15.8. The summed E-state index contributed by atoms with van der Waals surface area (Å²) in [5.74, 6) is -0.299. The lowest BCUT2D eigenvalue weighted by Gasteiger charge is -2.35. The minimum Gasteiger partial charge on any atom is -0.354 e. The van der Waals surface area contributed by atoms with Crippen LogP contribution in [0.5, 0.6) is 0 Å². The Balaban J connectivity index is 1.62. The molecule has 3 heterocycles. The van der Waals surface area contributed by atoms with Crippen LogP contribution in [0.4, 0.5) is 14.6 Å². The number of hydrogen-bond acceptors (Lipinski definition) is 5. The SMILES string of the molecule is Fc1cncc(F)c1CN1CCN(c2ccncn2)CC1. The van der Waals surface area contributed by atoms with Crippen LogP contribution in [0.15, 0.2) is 31.0 Å². The van der Waals surface area contributed by atoms with Crippen LogP contribution in [-0.4, -0.2) is 46.0 Å². The Labute approximate surface area is 121 Å². The predicted molar refractivity (Wildman–Crippen MR) is 73.7 cm³/mol. The molecule has 1 aliphatic rings. The van der Waals surface area contributed by atoms with E-state index in [0.29, 0.717) is 0 Å². The summed E-state index contributed by atoms with van der Waals surface area (Å²) in [6, 6.07) is 1.86. The van der Waals surface area contributed by atoms with E-state index in [1.54, 1.807) is 6.20 Å². The lowest BCUT2D eigenvalue weighted by atomic mass is 10.2. The Morgan fingerprint density at radius 1 is 1.00 bits per heavy atom. The summed E-state index contributed by atoms with van der Waals surface area (Å²) < 4.78 is 27.2. The molecule has 0 saturated carbocycles. The molecule has 7 heteroatoms. The van der Waals surface area contributed by atoms with E-state index in [1.807, 2.05) is 11.0 Å². The first-order valence-corrected chi connectivity index (χ1v) is 6.75. The van der Waals surface area contributed by atoms with Crippen molar-refractivity contribution >= 4 is 5.82 Å². The predicted octanol–water partition coefficient (Wildman–Crippen LogP) is 1.47. The molecule has 0 radical (unpaired) electrons. The highest BCUT2D eigenvalue weighted by molar-refractivity contribution is 5.37. The van der Waals surface area contributed by atoms with Crippen molar-refractivity contribution in [2.45, 2.75) is 6.54 Å². The van der Waals surface area contributed by atoms with Crippen molar-refractivity contribution in [3.8, 4) is 0 Å². The van der Waals surface area contributed by atoms with E-state index in [9.17, 15) is 8.78 Å². The van der Waals surface area contributed by atoms with Crippen molar-refractivity contribution in [3.05, 3.63) is 48.2 Å². The number of piperazine rings is 1. The third-order valence-electron chi connectivity index (χ3n) is 3.60. The highest BCUT2D eigenvalue weighted by Crippen LogP contribution is 2.16. The lowest BCUT2D eigenvalue weighted by Crippen LogP contribution is -2.46. The maximum atomic E-state index is 13.6. The van der Waals surface area contributed by atoms with Gasteiger partial charge in [-0.25, -0.2) is 18.7 Å². The maximum Gasteiger partial charge on any atom is 0.148 e. The molecule has 0 bridgehead atoms. The van der Waals surface area contributed by atoms with Gasteiger partial charge in [0.2, 0.25) is 0 Å². The van der Waals surface area contributed by atoms with E-state index in [0.717, 1.165) is 44.4 Å². The number of hydrogen-bond donors (Lipinski definition) is 0. The smallest absolute Gasteiger partial charge is 0.148 e. The Bertz CT molecular complexity index is 579. The quantitative estimate of drug-likeness (QED) is 0.857. The fourth-order valence-electron chi connectivity index (χ4n) is 2.42. The fraction of sp³-hybridized carbons (Fsp3) is 0.357. The van der Waals surface area contributed by atoms with Gasteiger partial charge < -0.3 is 4.90 Å². The molecule has 2 aromatic rings. The van der Waals surface area contributed by atoms with Crippen LogP contribution in [0.1, 0.15) is 5.56 Å². The Kier molecular flexibility index (Phi) is 4.01. The zero-order valence-corrected chi connectivity index (χ0v) is 11.4. The minimum atomic E-state index is -0.590. The van der Waals surface area contributed by atoms with E-state index >= 15 is 0 Å². The van der Waals surface area contributed by atoms with Gasteiger partial charge in [-0.2, -0.15) is 0 Å². The molecule has 0 amide bonds. The summed E-state index contributed by atoms with van der Waals surface area (Å²) >= 11 is 0. The second-order valence-electron chi connectivity index (χ2n) is 4.91. The van der Waals surface area contributed by atoms with Gasteiger partial charge in [-0.3, -0.25) is 9.88 Å². The molecule has 0 unspecified atom stereocenters. The van der Waals surface area contributed by atoms with Crippen molar-refractivity contribution < 1.29 is 8.78 Å². The van der Waals surface area contributed by atoms with Crippen LogP contribution in [0.3, 0.4) is 0 Å². The van der Waals surface area contributed by atoms with Crippen LogP contribution in [0.2, 0.25) is 0 Å². The van der Waals surface area contributed by atoms with Crippen molar-refractivity contribution in [2.75, 3.05) is 31.1 Å². The second-order valence-corrected chi connectivity index (χ2v) is 4.91. The summed E-state index contributed by atoms with van der Waals surface area (Å²) in [7, 11) is 0. The van der Waals surface area contributed by atoms with Crippen molar-refractivity contribution in [1.29, 1.82) is 0 Å². The average Bonchev–Trinajstić information content (AvgIpc) is 2.53. The molecular formula is C14H15F2N5. The standard InChI is InChI=1S/C14H15F2N5/c15-12-7-18-8-13(16)11(12)9-20-3-5-21(6-4-20)14-1-2-17-10-19-14/h1-2,7-8,10H,3-6,9H2. The first kappa shape index (κ1) is 13.8. The average molecular weight is 291 g/mol. The van der Waals surface area contributed by atoms with Gasteiger partial charge in [0.25, 0.3) is 0 Å². The van der Waals surface area contributed by atoms with Gasteiger partial charge in [0.15, 0.2) is 0 Å². The molecule has 1 fully saturated rings. The third-order valence-corrected chi connectivity index (χ3v) is 3.60. The molecule has 0 spiro atoms. The molecular weight excluding hydrogens is 276 g/mol. The summed E-state index contributed by atoms with van der Waals surface area (Å²) in [5, 5.41) is 0. The lowest BCUT2D eigenvalue weighted by molar-refractivity contribution is 0.242. The number of rotatable bonds is 3. The van der Waals surface area contributed by atoms with Gasteiger partial charge in [0, 0.05) is 44.5 Å². The molecule has 0 atom stereocenters. The molecule has 1 saturated heterocycles. The van der Waals surface area contributed by atoms with Gasteiger partial charge in [-0.15, -0.1) is 0 Å². The largest absolute Gasteiger partial charge is 0.354 e. The monoisotopic (exact) mass is 291 g/mol. The Morgan fingerprint density at radius 2 is 1.71 bits per heavy atom. The van der Waals surface area contributed by atoms with E-state index in [-0.39, 0.29) is 12.1 Å². The van der Waals surface area contributed by atoms with Crippen LogP contribution >= 0.6 is 0 Å². The Morgan fingerprint density at radius 3 is 2.33 bits per heavy atom. The van der Waals surface area contributed by atoms with Crippen LogP contribution in [0, 0.1) is 11.6 Å². The van der Waals surface area contributed by atoms with Crippen LogP contribution < -0.4 is 4.90 Å². The van der Waals surface area contributed by atoms with Crippen molar-refractivity contribution in [1.82, 2.24) is 19.9 Å². The molecule has 0 N–H and O–H groups in total. The molecule has 0 aliphatic carbocycles. The molecule has 3 rings (SSSR count). The van der Waals surface area contributed by atoms with Crippen molar-refractivity contribution in [2.24, 2.45) is 0 Å². The van der Waals surface area contributed by atoms with Crippen LogP contribution in [-0.2, 0) is 6.54 Å². The molecule has 0 aromatic carbocycles. The molecule has 1 aliphatic heterocycles. The number of anilines is 1. The topological polar surface area (TPSA) is 45.2 Å². The van der Waals surface area contributed by atoms with E-state index in [1.165, 1.54) is 6.33 Å². The highest BCUT2D eigenvalue weighted by Gasteiger charge is 2.20. The number of aromatic nitrogens is 3. The number of halogens is 2. The number of pyridine rings is 1. The zero-order chi connectivity index (χ0) is 14.7. The normalized spacial score (nSPS) is 16.2. The van der Waals surface area contributed by atoms with Gasteiger partial charge in [0.05, 0.1) is 12.4 Å². The van der Waals surface area contributed by atoms with Crippen molar-refractivity contribution in [3.63, 3.8) is 0 Å². The van der Waals surface area contributed by atoms with E-state index in [2.05, 4.69) is 19.9 Å². The van der Waals surface area contributed by atoms with Gasteiger partial charge in [-0.05, 0) is 6.07 Å². The van der Waals surface area contributed by atoms with E-state index in [4.69, 9.17) is 0 Å². The first-order chi connectivity index (χ1) is 10.2. The minimum absolute atomic E-state index is 0.0838. The Hall–Kier alpha value is -2.15. The van der Waals surface area contributed by atoms with Gasteiger partial charge in [0.1, 0.15) is 23.8 Å². The first-order valence-electron chi connectivity index (χ1n) is 6.75. The summed E-state index contributed by atoms with van der Waals surface area (Å²) in [6.45, 7) is 3.25. The summed E-state index contributed by atoms with van der Waals surface area (Å²) in [5.41, 5.74) is 0.0838. The summed E-state index contributed by atoms with van der Waals surface area (Å²) in [6.07, 6.45) is 5.32. The van der Waals surface area contributed by atoms with E-state index < -0.39 is 11.6 Å². The maximum absolute atomic E-state index is 13.6. The second kappa shape index (κ2) is 6.09. The molecule has 110 valence electrons. The molecule has 21 heavy (non-hydrogen) atoms. The van der Waals surface area contributed by atoms with Crippen LogP contribution in [0.25, 0.3) is 0 Å². The third kappa shape index (κ3) is 3.13. The fourth-order valence-corrected chi connectivity index (χ4v) is 2.42. The molecule has 5 nitrogen and oxygen atoms in total. The highest BCUT2D eigenvalue weighted by atomic mass is 19.1. The molecule has 2 aromatic heterocycles. The zero-order valence-electron chi connectivity index (χ0n) is 11.4. The van der Waals surface area contributed by atoms with Gasteiger partial charge in [-0.1, -0.05) is 0 Å².